The average Bonchev–Trinajstić information content (AvgIpc) is 2.27. The van der Waals surface area contributed by atoms with E-state index in [2.05, 4.69) is 13.8 Å². The lowest BCUT2D eigenvalue weighted by molar-refractivity contribution is 0.205. The molecule has 0 saturated carbocycles. The lowest BCUT2D eigenvalue weighted by Crippen LogP contribution is -2.05. The Labute approximate surface area is 96.3 Å². The Balaban J connectivity index is 3.22. The van der Waals surface area contributed by atoms with Gasteiger partial charge in [0, 0.05) is 6.61 Å². The predicted molar refractivity (Wildman–Crippen MR) is 68.1 cm³/mol. The lowest BCUT2D eigenvalue weighted by Gasteiger charge is -2.12. The molecule has 1 N–H and O–H groups in total. The van der Waals surface area contributed by atoms with Crippen LogP contribution in [0, 0.1) is 5.92 Å². The van der Waals surface area contributed by atoms with Crippen LogP contribution in [0.5, 0.6) is 0 Å². The van der Waals surface area contributed by atoms with Crippen LogP contribution in [0.25, 0.3) is 0 Å². The molecule has 1 atom stereocenters. The summed E-state index contributed by atoms with van der Waals surface area (Å²) in [5, 5.41) is 9.19. The van der Waals surface area contributed by atoms with Crippen LogP contribution in [0.3, 0.4) is 0 Å². The van der Waals surface area contributed by atoms with Crippen molar-refractivity contribution in [3.63, 3.8) is 0 Å². The number of aliphatic hydroxyl groups excluding tert-OH is 1. The summed E-state index contributed by atoms with van der Waals surface area (Å²) < 4.78 is 0. The molecule has 0 bridgehead atoms. The van der Waals surface area contributed by atoms with Crippen LogP contribution in [0.15, 0.2) is 0 Å². The molecule has 0 aromatic carbocycles. The smallest absolute Gasteiger partial charge is 0.0459 e. The average molecular weight is 214 g/mol. The molecule has 0 heterocycles. The fraction of sp³-hybridized carbons (Fsp3) is 1.00. The number of hydrogen-bond donors (Lipinski definition) is 1. The van der Waals surface area contributed by atoms with Gasteiger partial charge < -0.3 is 5.11 Å². The molecule has 0 radical (unpaired) electrons. The second-order valence-corrected chi connectivity index (χ2v) is 4.75. The molecule has 0 saturated heterocycles. The zero-order valence-electron chi connectivity index (χ0n) is 10.8. The first-order chi connectivity index (χ1) is 7.35. The number of unbranched alkanes of at least 4 members (excludes halogenated alkanes) is 6. The largest absolute Gasteiger partial charge is 0.396 e. The van der Waals surface area contributed by atoms with Crippen molar-refractivity contribution in [3.8, 4) is 0 Å². The van der Waals surface area contributed by atoms with E-state index in [0.717, 1.165) is 0 Å². The van der Waals surface area contributed by atoms with Crippen molar-refractivity contribution in [1.29, 1.82) is 0 Å². The topological polar surface area (TPSA) is 20.2 Å². The van der Waals surface area contributed by atoms with E-state index in [-0.39, 0.29) is 0 Å². The summed E-state index contributed by atoms with van der Waals surface area (Å²) in [6, 6.07) is 0. The second-order valence-electron chi connectivity index (χ2n) is 4.75. The molecule has 0 aliphatic heterocycles. The van der Waals surface area contributed by atoms with E-state index in [1.54, 1.807) is 0 Å². The third kappa shape index (κ3) is 10.2. The van der Waals surface area contributed by atoms with Crippen LogP contribution in [0.1, 0.15) is 78.1 Å². The monoisotopic (exact) mass is 214 g/mol. The number of aliphatic hydroxyl groups is 1. The molecule has 0 amide bonds. The first-order valence-corrected chi connectivity index (χ1v) is 6.96. The quantitative estimate of drug-likeness (QED) is 0.501. The highest BCUT2D eigenvalue weighted by Gasteiger charge is 2.05. The maximum absolute atomic E-state index is 9.19. The van der Waals surface area contributed by atoms with E-state index >= 15 is 0 Å². The minimum atomic E-state index is 0.398. The molecular formula is C14H30O. The maximum atomic E-state index is 9.19. The lowest BCUT2D eigenvalue weighted by atomic mass is 9.96. The van der Waals surface area contributed by atoms with Crippen LogP contribution in [0.2, 0.25) is 0 Å². The normalized spacial score (nSPS) is 13.0. The van der Waals surface area contributed by atoms with Gasteiger partial charge in [0.05, 0.1) is 0 Å². The maximum Gasteiger partial charge on any atom is 0.0459 e. The third-order valence-corrected chi connectivity index (χ3v) is 3.19. The van der Waals surface area contributed by atoms with Gasteiger partial charge in [-0.05, 0) is 18.8 Å². The Morgan fingerprint density at radius 3 is 1.87 bits per heavy atom. The fourth-order valence-corrected chi connectivity index (χ4v) is 2.03. The Morgan fingerprint density at radius 2 is 1.27 bits per heavy atom. The van der Waals surface area contributed by atoms with Crippen molar-refractivity contribution in [2.24, 2.45) is 5.92 Å². The van der Waals surface area contributed by atoms with Gasteiger partial charge in [0.25, 0.3) is 0 Å². The minimum Gasteiger partial charge on any atom is -0.396 e. The van der Waals surface area contributed by atoms with E-state index < -0.39 is 0 Å². The Kier molecular flexibility index (Phi) is 12.0. The van der Waals surface area contributed by atoms with Crippen LogP contribution in [0.4, 0.5) is 0 Å². The molecule has 0 spiro atoms. The summed E-state index contributed by atoms with van der Waals surface area (Å²) in [7, 11) is 0. The Hall–Kier alpha value is -0.0400. The SMILES string of the molecule is CCCCCCCCC(CO)CCCC. The molecule has 1 unspecified atom stereocenters. The highest BCUT2D eigenvalue weighted by atomic mass is 16.3. The van der Waals surface area contributed by atoms with Crippen molar-refractivity contribution < 1.29 is 5.11 Å². The molecule has 0 aliphatic carbocycles. The van der Waals surface area contributed by atoms with E-state index in [1.165, 1.54) is 64.2 Å². The molecule has 1 nitrogen and oxygen atoms in total. The van der Waals surface area contributed by atoms with Crippen molar-refractivity contribution >= 4 is 0 Å². The molecule has 1 heteroatoms. The van der Waals surface area contributed by atoms with Crippen molar-refractivity contribution in [1.82, 2.24) is 0 Å². The van der Waals surface area contributed by atoms with Gasteiger partial charge in [-0.3, -0.25) is 0 Å². The van der Waals surface area contributed by atoms with Gasteiger partial charge in [0.15, 0.2) is 0 Å². The van der Waals surface area contributed by atoms with E-state index in [0.29, 0.717) is 12.5 Å². The van der Waals surface area contributed by atoms with Gasteiger partial charge in [-0.1, -0.05) is 65.2 Å². The molecular weight excluding hydrogens is 184 g/mol. The zero-order valence-corrected chi connectivity index (χ0v) is 10.8. The predicted octanol–water partition coefficient (Wildman–Crippen LogP) is 4.54. The summed E-state index contributed by atoms with van der Waals surface area (Å²) in [5.74, 6) is 0.580. The van der Waals surface area contributed by atoms with Gasteiger partial charge in [-0.25, -0.2) is 0 Å². The van der Waals surface area contributed by atoms with Crippen LogP contribution in [-0.2, 0) is 0 Å². The number of hydrogen-bond acceptors (Lipinski definition) is 1. The van der Waals surface area contributed by atoms with E-state index in [9.17, 15) is 5.11 Å². The molecule has 0 fully saturated rings. The summed E-state index contributed by atoms with van der Waals surface area (Å²) >= 11 is 0. The van der Waals surface area contributed by atoms with Gasteiger partial charge in [0.1, 0.15) is 0 Å². The highest BCUT2D eigenvalue weighted by Crippen LogP contribution is 2.17. The van der Waals surface area contributed by atoms with Crippen molar-refractivity contribution in [2.45, 2.75) is 78.1 Å². The third-order valence-electron chi connectivity index (χ3n) is 3.19. The summed E-state index contributed by atoms with van der Waals surface area (Å²) in [5.41, 5.74) is 0. The van der Waals surface area contributed by atoms with Gasteiger partial charge in [-0.15, -0.1) is 0 Å². The minimum absolute atomic E-state index is 0.398. The molecule has 0 aromatic rings. The summed E-state index contributed by atoms with van der Waals surface area (Å²) in [6.07, 6.45) is 13.2. The first kappa shape index (κ1) is 15.0. The highest BCUT2D eigenvalue weighted by molar-refractivity contribution is 4.58. The molecule has 0 rings (SSSR count). The summed E-state index contributed by atoms with van der Waals surface area (Å²) in [4.78, 5) is 0. The van der Waals surface area contributed by atoms with Gasteiger partial charge >= 0.3 is 0 Å². The fourth-order valence-electron chi connectivity index (χ4n) is 2.03. The van der Waals surface area contributed by atoms with Gasteiger partial charge in [-0.2, -0.15) is 0 Å². The van der Waals surface area contributed by atoms with Crippen molar-refractivity contribution in [2.75, 3.05) is 6.61 Å². The van der Waals surface area contributed by atoms with Gasteiger partial charge in [0.2, 0.25) is 0 Å². The molecule has 15 heavy (non-hydrogen) atoms. The first-order valence-electron chi connectivity index (χ1n) is 6.96. The van der Waals surface area contributed by atoms with Crippen LogP contribution < -0.4 is 0 Å². The van der Waals surface area contributed by atoms with E-state index in [1.807, 2.05) is 0 Å². The standard InChI is InChI=1S/C14H30O/c1-3-5-7-8-9-10-12-14(13-15)11-6-4-2/h14-15H,3-13H2,1-2H3. The Bertz CT molecular complexity index is 112. The molecule has 92 valence electrons. The van der Waals surface area contributed by atoms with Crippen molar-refractivity contribution in [3.05, 3.63) is 0 Å². The summed E-state index contributed by atoms with van der Waals surface area (Å²) in [6.45, 7) is 4.88. The molecule has 0 aliphatic rings. The Morgan fingerprint density at radius 1 is 0.733 bits per heavy atom. The molecule has 0 aromatic heterocycles. The van der Waals surface area contributed by atoms with E-state index in [4.69, 9.17) is 0 Å². The van der Waals surface area contributed by atoms with Crippen LogP contribution >= 0.6 is 0 Å². The zero-order chi connectivity index (χ0) is 11.4. The van der Waals surface area contributed by atoms with Crippen LogP contribution in [-0.4, -0.2) is 11.7 Å². The second kappa shape index (κ2) is 12.0. The number of rotatable bonds is 11.